The topological polar surface area (TPSA) is 41.6 Å². The second-order valence-electron chi connectivity index (χ2n) is 6.67. The lowest BCUT2D eigenvalue weighted by atomic mass is 10.1. The molecule has 0 bridgehead atoms. The normalized spacial score (nSPS) is 19.5. The van der Waals surface area contributed by atoms with Gasteiger partial charge >= 0.3 is 6.09 Å². The predicted octanol–water partition coefficient (Wildman–Crippen LogP) is 2.83. The fraction of sp³-hybridized carbons (Fsp3) is 0.588. The Labute approximate surface area is 127 Å². The van der Waals surface area contributed by atoms with E-state index in [1.807, 2.05) is 26.8 Å². The van der Waals surface area contributed by atoms with Gasteiger partial charge in [-0.15, -0.1) is 0 Å². The number of likely N-dealkylation sites (tertiary alicyclic amines) is 1. The molecular formula is C17H26N2O2. The number of ether oxygens (including phenoxy) is 1. The van der Waals surface area contributed by atoms with Crippen molar-refractivity contribution in [3.05, 3.63) is 35.9 Å². The molecule has 21 heavy (non-hydrogen) atoms. The zero-order valence-corrected chi connectivity index (χ0v) is 13.3. The first kappa shape index (κ1) is 15.8. The summed E-state index contributed by atoms with van der Waals surface area (Å²) in [6.45, 7) is 8.63. The molecule has 1 saturated heterocycles. The van der Waals surface area contributed by atoms with Crippen LogP contribution in [-0.4, -0.2) is 42.3 Å². The average molecular weight is 290 g/mol. The minimum atomic E-state index is -0.435. The molecule has 1 heterocycles. The van der Waals surface area contributed by atoms with Crippen molar-refractivity contribution in [2.45, 2.75) is 45.3 Å². The number of nitrogens with one attached hydrogen (secondary N) is 1. The van der Waals surface area contributed by atoms with Crippen molar-refractivity contribution in [1.82, 2.24) is 10.2 Å². The summed E-state index contributed by atoms with van der Waals surface area (Å²) in [5.41, 5.74) is 0.927. The first-order chi connectivity index (χ1) is 9.92. The van der Waals surface area contributed by atoms with Crippen LogP contribution in [0.1, 0.15) is 32.8 Å². The Hall–Kier alpha value is -1.55. The molecule has 4 nitrogen and oxygen atoms in total. The van der Waals surface area contributed by atoms with Gasteiger partial charge in [0.15, 0.2) is 0 Å². The van der Waals surface area contributed by atoms with Crippen molar-refractivity contribution in [1.29, 1.82) is 0 Å². The third kappa shape index (κ3) is 5.76. The fourth-order valence-corrected chi connectivity index (χ4v) is 2.56. The van der Waals surface area contributed by atoms with Crippen molar-refractivity contribution in [2.24, 2.45) is 0 Å². The van der Waals surface area contributed by atoms with Crippen molar-refractivity contribution in [3.63, 3.8) is 0 Å². The summed E-state index contributed by atoms with van der Waals surface area (Å²) in [6.07, 6.45) is 1.74. The van der Waals surface area contributed by atoms with Gasteiger partial charge in [0.1, 0.15) is 5.60 Å². The van der Waals surface area contributed by atoms with E-state index in [-0.39, 0.29) is 12.1 Å². The number of alkyl carbamates (subject to hydrolysis) is 1. The second-order valence-corrected chi connectivity index (χ2v) is 6.67. The Balaban J connectivity index is 1.70. The average Bonchev–Trinajstić information content (AvgIpc) is 2.83. The second kappa shape index (κ2) is 6.94. The van der Waals surface area contributed by atoms with E-state index in [0.717, 1.165) is 32.5 Å². The quantitative estimate of drug-likeness (QED) is 0.927. The molecular weight excluding hydrogens is 264 g/mol. The number of nitrogens with zero attached hydrogens (tertiary/aromatic N) is 1. The summed E-state index contributed by atoms with van der Waals surface area (Å²) in [5.74, 6) is 0. The van der Waals surface area contributed by atoms with Crippen LogP contribution in [0.2, 0.25) is 0 Å². The van der Waals surface area contributed by atoms with E-state index >= 15 is 0 Å². The van der Waals surface area contributed by atoms with E-state index < -0.39 is 5.60 Å². The van der Waals surface area contributed by atoms with Crippen molar-refractivity contribution < 1.29 is 9.53 Å². The van der Waals surface area contributed by atoms with Gasteiger partial charge in [-0.1, -0.05) is 30.3 Å². The summed E-state index contributed by atoms with van der Waals surface area (Å²) in [7, 11) is 0. The lowest BCUT2D eigenvalue weighted by molar-refractivity contribution is 0.0506. The van der Waals surface area contributed by atoms with E-state index in [2.05, 4.69) is 34.5 Å². The molecule has 1 aromatic rings. The molecule has 0 radical (unpaired) electrons. The minimum Gasteiger partial charge on any atom is -0.444 e. The number of carbonyl (C=O) groups is 1. The minimum absolute atomic E-state index is 0.204. The maximum Gasteiger partial charge on any atom is 0.407 e. The van der Waals surface area contributed by atoms with Gasteiger partial charge in [0, 0.05) is 25.7 Å². The highest BCUT2D eigenvalue weighted by molar-refractivity contribution is 5.68. The summed E-state index contributed by atoms with van der Waals surface area (Å²) in [4.78, 5) is 14.1. The molecule has 0 aliphatic carbocycles. The molecule has 0 spiro atoms. The summed E-state index contributed by atoms with van der Waals surface area (Å²) >= 11 is 0. The van der Waals surface area contributed by atoms with Gasteiger partial charge in [-0.25, -0.2) is 4.79 Å². The molecule has 1 atom stereocenters. The van der Waals surface area contributed by atoms with E-state index in [1.165, 1.54) is 5.56 Å². The largest absolute Gasteiger partial charge is 0.444 e. The zero-order chi connectivity index (χ0) is 15.3. The Morgan fingerprint density at radius 3 is 2.71 bits per heavy atom. The molecule has 1 fully saturated rings. The van der Waals surface area contributed by atoms with Crippen LogP contribution in [0.4, 0.5) is 4.79 Å². The zero-order valence-electron chi connectivity index (χ0n) is 13.3. The van der Waals surface area contributed by atoms with E-state index in [1.54, 1.807) is 0 Å². The number of carbonyl (C=O) groups excluding carboxylic acids is 1. The Kier molecular flexibility index (Phi) is 5.23. The SMILES string of the molecule is CC(C)(C)OC(=O)NC1CCN(CCc2ccccc2)C1. The molecule has 116 valence electrons. The van der Waals surface area contributed by atoms with Gasteiger partial charge in [-0.05, 0) is 39.2 Å². The van der Waals surface area contributed by atoms with Crippen molar-refractivity contribution in [3.8, 4) is 0 Å². The van der Waals surface area contributed by atoms with Gasteiger partial charge in [-0.2, -0.15) is 0 Å². The molecule has 1 amide bonds. The summed E-state index contributed by atoms with van der Waals surface area (Å²) in [5, 5.41) is 2.96. The summed E-state index contributed by atoms with van der Waals surface area (Å²) < 4.78 is 5.30. The smallest absolute Gasteiger partial charge is 0.407 e. The van der Waals surface area contributed by atoms with Gasteiger partial charge < -0.3 is 15.0 Å². The van der Waals surface area contributed by atoms with E-state index in [0.29, 0.717) is 0 Å². The van der Waals surface area contributed by atoms with Crippen LogP contribution in [0.15, 0.2) is 30.3 Å². The number of rotatable bonds is 4. The molecule has 1 N–H and O–H groups in total. The first-order valence-corrected chi connectivity index (χ1v) is 7.68. The van der Waals surface area contributed by atoms with Crippen molar-refractivity contribution in [2.75, 3.05) is 19.6 Å². The predicted molar refractivity (Wildman–Crippen MR) is 84.4 cm³/mol. The Morgan fingerprint density at radius 2 is 2.05 bits per heavy atom. The highest BCUT2D eigenvalue weighted by Crippen LogP contribution is 2.12. The third-order valence-electron chi connectivity index (χ3n) is 3.55. The fourth-order valence-electron chi connectivity index (χ4n) is 2.56. The maximum absolute atomic E-state index is 11.7. The molecule has 2 rings (SSSR count). The molecule has 1 aliphatic rings. The molecule has 1 unspecified atom stereocenters. The van der Waals surface area contributed by atoms with E-state index in [4.69, 9.17) is 4.74 Å². The summed E-state index contributed by atoms with van der Waals surface area (Å²) in [6, 6.07) is 10.7. The molecule has 4 heteroatoms. The Morgan fingerprint density at radius 1 is 1.33 bits per heavy atom. The van der Waals surface area contributed by atoms with Crippen molar-refractivity contribution >= 4 is 6.09 Å². The highest BCUT2D eigenvalue weighted by Gasteiger charge is 2.25. The molecule has 1 aromatic carbocycles. The molecule has 0 aromatic heterocycles. The van der Waals surface area contributed by atoms with Crippen LogP contribution >= 0.6 is 0 Å². The molecule has 0 saturated carbocycles. The lowest BCUT2D eigenvalue weighted by Crippen LogP contribution is -2.40. The van der Waals surface area contributed by atoms with Gasteiger partial charge in [-0.3, -0.25) is 0 Å². The number of amides is 1. The number of benzene rings is 1. The number of hydrogen-bond acceptors (Lipinski definition) is 3. The first-order valence-electron chi connectivity index (χ1n) is 7.68. The standard InChI is InChI=1S/C17H26N2O2/c1-17(2,3)21-16(20)18-15-10-12-19(13-15)11-9-14-7-5-4-6-8-14/h4-8,15H,9-13H2,1-3H3,(H,18,20). The van der Waals surface area contributed by atoms with Crippen LogP contribution in [0.5, 0.6) is 0 Å². The number of hydrogen-bond donors (Lipinski definition) is 1. The Bertz CT molecular complexity index is 454. The van der Waals surface area contributed by atoms with Crippen LogP contribution in [0, 0.1) is 0 Å². The van der Waals surface area contributed by atoms with Gasteiger partial charge in [0.2, 0.25) is 0 Å². The van der Waals surface area contributed by atoms with Gasteiger partial charge in [0.25, 0.3) is 0 Å². The van der Waals surface area contributed by atoms with Crippen LogP contribution < -0.4 is 5.32 Å². The van der Waals surface area contributed by atoms with E-state index in [9.17, 15) is 4.79 Å². The van der Waals surface area contributed by atoms with Crippen LogP contribution in [0.3, 0.4) is 0 Å². The highest BCUT2D eigenvalue weighted by atomic mass is 16.6. The van der Waals surface area contributed by atoms with Crippen LogP contribution in [-0.2, 0) is 11.2 Å². The van der Waals surface area contributed by atoms with Crippen LogP contribution in [0.25, 0.3) is 0 Å². The van der Waals surface area contributed by atoms with Gasteiger partial charge in [0.05, 0.1) is 0 Å². The maximum atomic E-state index is 11.7. The monoisotopic (exact) mass is 290 g/mol. The molecule has 1 aliphatic heterocycles. The lowest BCUT2D eigenvalue weighted by Gasteiger charge is -2.22. The third-order valence-corrected chi connectivity index (χ3v) is 3.55.